The SMILES string of the molecule is C[C@H]1C[C@H](NCc2ccn[nH]2)CCN1Cc1ccccc1. The van der Waals surface area contributed by atoms with Crippen molar-refractivity contribution in [2.75, 3.05) is 6.54 Å². The van der Waals surface area contributed by atoms with Crippen LogP contribution in [-0.4, -0.2) is 33.7 Å². The Morgan fingerprint density at radius 1 is 1.29 bits per heavy atom. The third kappa shape index (κ3) is 3.93. The van der Waals surface area contributed by atoms with E-state index in [1.54, 1.807) is 0 Å². The van der Waals surface area contributed by atoms with Gasteiger partial charge >= 0.3 is 0 Å². The van der Waals surface area contributed by atoms with Crippen LogP contribution < -0.4 is 5.32 Å². The number of hydrogen-bond donors (Lipinski definition) is 2. The van der Waals surface area contributed by atoms with Gasteiger partial charge in [0.1, 0.15) is 0 Å². The Morgan fingerprint density at radius 2 is 2.14 bits per heavy atom. The fourth-order valence-electron chi connectivity index (χ4n) is 3.10. The molecule has 2 atom stereocenters. The lowest BCUT2D eigenvalue weighted by molar-refractivity contribution is 0.128. The van der Waals surface area contributed by atoms with E-state index in [0.717, 1.165) is 25.3 Å². The van der Waals surface area contributed by atoms with Crippen LogP contribution in [-0.2, 0) is 13.1 Å². The second-order valence-electron chi connectivity index (χ2n) is 5.99. The van der Waals surface area contributed by atoms with E-state index in [4.69, 9.17) is 0 Å². The van der Waals surface area contributed by atoms with Crippen LogP contribution in [0.25, 0.3) is 0 Å². The number of nitrogens with one attached hydrogen (secondary N) is 2. The molecule has 0 saturated carbocycles. The first kappa shape index (κ1) is 14.3. The van der Waals surface area contributed by atoms with Gasteiger partial charge in [-0.1, -0.05) is 30.3 Å². The molecule has 21 heavy (non-hydrogen) atoms. The largest absolute Gasteiger partial charge is 0.308 e. The van der Waals surface area contributed by atoms with Crippen LogP contribution in [0.15, 0.2) is 42.6 Å². The normalized spacial score (nSPS) is 23.3. The second kappa shape index (κ2) is 6.87. The highest BCUT2D eigenvalue weighted by atomic mass is 15.2. The maximum atomic E-state index is 3.99. The molecule has 2 aromatic rings. The van der Waals surface area contributed by atoms with Crippen LogP contribution in [0.4, 0.5) is 0 Å². The summed E-state index contributed by atoms with van der Waals surface area (Å²) in [4.78, 5) is 2.59. The highest BCUT2D eigenvalue weighted by molar-refractivity contribution is 5.14. The molecule has 0 amide bonds. The average molecular weight is 284 g/mol. The average Bonchev–Trinajstić information content (AvgIpc) is 3.02. The standard InChI is InChI=1S/C17H24N4/c1-14-11-16(18-12-17-7-9-19-20-17)8-10-21(14)13-15-5-3-2-4-6-15/h2-7,9,14,16,18H,8,10-13H2,1H3,(H,19,20)/t14-,16+/m0/s1. The Kier molecular flexibility index (Phi) is 4.68. The molecule has 4 heteroatoms. The maximum Gasteiger partial charge on any atom is 0.0490 e. The van der Waals surface area contributed by atoms with Crippen molar-refractivity contribution in [1.82, 2.24) is 20.4 Å². The molecule has 0 spiro atoms. The Bertz CT molecular complexity index is 523. The lowest BCUT2D eigenvalue weighted by Crippen LogP contribution is -2.46. The first-order chi connectivity index (χ1) is 10.3. The third-order valence-corrected chi connectivity index (χ3v) is 4.38. The molecule has 1 aliphatic heterocycles. The van der Waals surface area contributed by atoms with Crippen molar-refractivity contribution in [2.24, 2.45) is 0 Å². The van der Waals surface area contributed by atoms with Crippen molar-refractivity contribution in [3.63, 3.8) is 0 Å². The lowest BCUT2D eigenvalue weighted by Gasteiger charge is -2.38. The van der Waals surface area contributed by atoms with Crippen molar-refractivity contribution in [2.45, 2.75) is 44.9 Å². The molecule has 1 saturated heterocycles. The fourth-order valence-corrected chi connectivity index (χ4v) is 3.10. The summed E-state index contributed by atoms with van der Waals surface area (Å²) in [5, 5.41) is 10.6. The molecule has 0 aliphatic carbocycles. The topological polar surface area (TPSA) is 44.0 Å². The molecule has 0 bridgehead atoms. The monoisotopic (exact) mass is 284 g/mol. The number of hydrogen-bond acceptors (Lipinski definition) is 3. The first-order valence-electron chi connectivity index (χ1n) is 7.81. The molecule has 0 unspecified atom stereocenters. The van der Waals surface area contributed by atoms with E-state index in [9.17, 15) is 0 Å². The molecule has 1 fully saturated rings. The van der Waals surface area contributed by atoms with E-state index in [0.29, 0.717) is 12.1 Å². The molecule has 2 heterocycles. The molecule has 2 N–H and O–H groups in total. The minimum Gasteiger partial charge on any atom is -0.308 e. The van der Waals surface area contributed by atoms with Crippen molar-refractivity contribution in [1.29, 1.82) is 0 Å². The van der Waals surface area contributed by atoms with E-state index in [-0.39, 0.29) is 0 Å². The van der Waals surface area contributed by atoms with Crippen molar-refractivity contribution in [3.8, 4) is 0 Å². The third-order valence-electron chi connectivity index (χ3n) is 4.38. The van der Waals surface area contributed by atoms with E-state index in [1.807, 2.05) is 12.3 Å². The van der Waals surface area contributed by atoms with Crippen molar-refractivity contribution < 1.29 is 0 Å². The molecule has 1 aromatic heterocycles. The van der Waals surface area contributed by atoms with E-state index in [2.05, 4.69) is 57.7 Å². The van der Waals surface area contributed by atoms with E-state index in [1.165, 1.54) is 18.4 Å². The Labute approximate surface area is 126 Å². The van der Waals surface area contributed by atoms with Crippen LogP contribution in [0.1, 0.15) is 31.0 Å². The van der Waals surface area contributed by atoms with Gasteiger partial charge in [0, 0.05) is 43.6 Å². The van der Waals surface area contributed by atoms with Crippen molar-refractivity contribution >= 4 is 0 Å². The zero-order valence-electron chi connectivity index (χ0n) is 12.6. The summed E-state index contributed by atoms with van der Waals surface area (Å²) in [6.45, 7) is 5.45. The lowest BCUT2D eigenvalue weighted by atomic mass is 9.97. The molecule has 3 rings (SSSR count). The van der Waals surface area contributed by atoms with Crippen LogP contribution in [0.5, 0.6) is 0 Å². The molecule has 0 radical (unpaired) electrons. The van der Waals surface area contributed by atoms with Crippen molar-refractivity contribution in [3.05, 3.63) is 53.9 Å². The molecular formula is C17H24N4. The number of nitrogens with zero attached hydrogens (tertiary/aromatic N) is 2. The molecule has 112 valence electrons. The van der Waals surface area contributed by atoms with Gasteiger partial charge in [0.25, 0.3) is 0 Å². The quantitative estimate of drug-likeness (QED) is 0.887. The summed E-state index contributed by atoms with van der Waals surface area (Å²) in [7, 11) is 0. The van der Waals surface area contributed by atoms with Gasteiger partial charge in [-0.2, -0.15) is 5.10 Å². The summed E-state index contributed by atoms with van der Waals surface area (Å²) in [6, 6.07) is 14.0. The smallest absolute Gasteiger partial charge is 0.0490 e. The molecule has 1 aromatic carbocycles. The fraction of sp³-hybridized carbons (Fsp3) is 0.471. The summed E-state index contributed by atoms with van der Waals surface area (Å²) >= 11 is 0. The molecular weight excluding hydrogens is 260 g/mol. The van der Waals surface area contributed by atoms with Gasteiger partial charge in [-0.25, -0.2) is 0 Å². The molecule has 4 nitrogen and oxygen atoms in total. The molecule has 1 aliphatic rings. The van der Waals surface area contributed by atoms with Gasteiger partial charge in [0.05, 0.1) is 0 Å². The highest BCUT2D eigenvalue weighted by Crippen LogP contribution is 2.20. The minimum absolute atomic E-state index is 0.607. The number of likely N-dealkylation sites (tertiary alicyclic amines) is 1. The Morgan fingerprint density at radius 3 is 2.86 bits per heavy atom. The van der Waals surface area contributed by atoms with Gasteiger partial charge in [-0.15, -0.1) is 0 Å². The van der Waals surface area contributed by atoms with Crippen LogP contribution >= 0.6 is 0 Å². The number of aromatic nitrogens is 2. The minimum atomic E-state index is 0.607. The van der Waals surface area contributed by atoms with Gasteiger partial charge in [-0.3, -0.25) is 10.00 Å². The maximum absolute atomic E-state index is 3.99. The second-order valence-corrected chi connectivity index (χ2v) is 5.99. The van der Waals surface area contributed by atoms with E-state index >= 15 is 0 Å². The van der Waals surface area contributed by atoms with Gasteiger partial charge in [0.15, 0.2) is 0 Å². The number of H-pyrrole nitrogens is 1. The predicted molar refractivity (Wildman–Crippen MR) is 84.8 cm³/mol. The summed E-state index contributed by atoms with van der Waals surface area (Å²) < 4.78 is 0. The van der Waals surface area contributed by atoms with Crippen LogP contribution in [0, 0.1) is 0 Å². The number of aromatic amines is 1. The van der Waals surface area contributed by atoms with E-state index < -0.39 is 0 Å². The van der Waals surface area contributed by atoms with Gasteiger partial charge < -0.3 is 5.32 Å². The predicted octanol–water partition coefficient (Wildman–Crippen LogP) is 2.55. The zero-order valence-corrected chi connectivity index (χ0v) is 12.6. The van der Waals surface area contributed by atoms with Gasteiger partial charge in [0.2, 0.25) is 0 Å². The Balaban J connectivity index is 1.47. The van der Waals surface area contributed by atoms with Gasteiger partial charge in [-0.05, 0) is 31.4 Å². The number of rotatable bonds is 5. The number of benzene rings is 1. The summed E-state index contributed by atoms with van der Waals surface area (Å²) in [5.41, 5.74) is 2.57. The van der Waals surface area contributed by atoms with Crippen LogP contribution in [0.3, 0.4) is 0 Å². The highest BCUT2D eigenvalue weighted by Gasteiger charge is 2.24. The van der Waals surface area contributed by atoms with Crippen LogP contribution in [0.2, 0.25) is 0 Å². The Hall–Kier alpha value is -1.65. The first-order valence-corrected chi connectivity index (χ1v) is 7.81. The summed E-state index contributed by atoms with van der Waals surface area (Å²) in [6.07, 6.45) is 4.23. The number of piperidine rings is 1. The zero-order chi connectivity index (χ0) is 14.5. The summed E-state index contributed by atoms with van der Waals surface area (Å²) in [5.74, 6) is 0.